The molecule has 0 saturated carbocycles. The highest BCUT2D eigenvalue weighted by Gasteiger charge is 2.17. The van der Waals surface area contributed by atoms with Gasteiger partial charge in [0.2, 0.25) is 0 Å². The van der Waals surface area contributed by atoms with E-state index in [4.69, 9.17) is 0 Å². The molecule has 1 atom stereocenters. The van der Waals surface area contributed by atoms with Crippen molar-refractivity contribution in [1.82, 2.24) is 14.9 Å². The standard InChI is InChI=1S/C17H25N3/c1-4-7-14-8-6-9-15(13-14)16(18-10-5-2)17-19-11-12-20(17)3/h6,8-9,11-13,16,18H,4-5,7,10H2,1-3H3. The van der Waals surface area contributed by atoms with Crippen molar-refractivity contribution in [3.05, 3.63) is 53.6 Å². The van der Waals surface area contributed by atoms with Crippen molar-refractivity contribution in [2.24, 2.45) is 7.05 Å². The summed E-state index contributed by atoms with van der Waals surface area (Å²) in [5, 5.41) is 3.61. The molecule has 0 fully saturated rings. The number of benzene rings is 1. The van der Waals surface area contributed by atoms with E-state index in [0.29, 0.717) is 0 Å². The molecule has 20 heavy (non-hydrogen) atoms. The first-order valence-corrected chi connectivity index (χ1v) is 7.55. The van der Waals surface area contributed by atoms with E-state index in [2.05, 4.69) is 60.0 Å². The molecule has 1 aromatic carbocycles. The van der Waals surface area contributed by atoms with Gasteiger partial charge in [0, 0.05) is 19.4 Å². The van der Waals surface area contributed by atoms with E-state index in [1.807, 2.05) is 12.4 Å². The number of imidazole rings is 1. The number of nitrogens with one attached hydrogen (secondary N) is 1. The molecular weight excluding hydrogens is 246 g/mol. The molecule has 0 amide bonds. The Morgan fingerprint density at radius 3 is 2.75 bits per heavy atom. The Labute approximate surface area is 122 Å². The molecule has 3 nitrogen and oxygen atoms in total. The molecule has 1 aromatic heterocycles. The summed E-state index contributed by atoms with van der Waals surface area (Å²) in [7, 11) is 2.05. The Morgan fingerprint density at radius 1 is 1.25 bits per heavy atom. The minimum absolute atomic E-state index is 0.173. The van der Waals surface area contributed by atoms with Crippen LogP contribution in [-0.4, -0.2) is 16.1 Å². The van der Waals surface area contributed by atoms with E-state index in [0.717, 1.165) is 25.2 Å². The van der Waals surface area contributed by atoms with E-state index in [1.165, 1.54) is 17.5 Å². The fourth-order valence-corrected chi connectivity index (χ4v) is 2.52. The van der Waals surface area contributed by atoms with Crippen molar-refractivity contribution >= 4 is 0 Å². The summed E-state index contributed by atoms with van der Waals surface area (Å²) in [4.78, 5) is 4.52. The number of nitrogens with zero attached hydrogens (tertiary/aromatic N) is 2. The van der Waals surface area contributed by atoms with Crippen LogP contribution >= 0.6 is 0 Å². The highest BCUT2D eigenvalue weighted by Crippen LogP contribution is 2.22. The third-order valence-electron chi connectivity index (χ3n) is 3.54. The van der Waals surface area contributed by atoms with Gasteiger partial charge in [0.15, 0.2) is 0 Å². The zero-order valence-electron chi connectivity index (χ0n) is 12.8. The van der Waals surface area contributed by atoms with Crippen LogP contribution in [0.3, 0.4) is 0 Å². The van der Waals surface area contributed by atoms with Crippen molar-refractivity contribution in [3.8, 4) is 0 Å². The largest absolute Gasteiger partial charge is 0.336 e. The van der Waals surface area contributed by atoms with Crippen LogP contribution in [0.15, 0.2) is 36.7 Å². The number of hydrogen-bond acceptors (Lipinski definition) is 2. The van der Waals surface area contributed by atoms with Gasteiger partial charge in [-0.15, -0.1) is 0 Å². The van der Waals surface area contributed by atoms with Crippen LogP contribution in [0.5, 0.6) is 0 Å². The molecule has 1 heterocycles. The molecule has 0 aliphatic rings. The van der Waals surface area contributed by atoms with E-state index in [9.17, 15) is 0 Å². The number of rotatable bonds is 7. The average molecular weight is 271 g/mol. The summed E-state index contributed by atoms with van der Waals surface area (Å²) < 4.78 is 2.10. The second-order valence-corrected chi connectivity index (χ2v) is 5.28. The summed E-state index contributed by atoms with van der Waals surface area (Å²) in [6.45, 7) is 5.41. The molecule has 0 spiro atoms. The van der Waals surface area contributed by atoms with Crippen molar-refractivity contribution in [2.75, 3.05) is 6.54 Å². The Hall–Kier alpha value is -1.61. The molecule has 0 radical (unpaired) electrons. The quantitative estimate of drug-likeness (QED) is 0.835. The van der Waals surface area contributed by atoms with Gasteiger partial charge in [-0.2, -0.15) is 0 Å². The van der Waals surface area contributed by atoms with Crippen LogP contribution in [-0.2, 0) is 13.5 Å². The normalized spacial score (nSPS) is 12.6. The van der Waals surface area contributed by atoms with Gasteiger partial charge in [0.1, 0.15) is 5.82 Å². The summed E-state index contributed by atoms with van der Waals surface area (Å²) in [6, 6.07) is 9.05. The lowest BCUT2D eigenvalue weighted by atomic mass is 10.0. The molecule has 0 saturated heterocycles. The summed E-state index contributed by atoms with van der Waals surface area (Å²) in [5.74, 6) is 1.08. The summed E-state index contributed by atoms with van der Waals surface area (Å²) >= 11 is 0. The number of aromatic nitrogens is 2. The fourth-order valence-electron chi connectivity index (χ4n) is 2.52. The second-order valence-electron chi connectivity index (χ2n) is 5.28. The van der Waals surface area contributed by atoms with Crippen molar-refractivity contribution in [3.63, 3.8) is 0 Å². The molecule has 0 aliphatic heterocycles. The van der Waals surface area contributed by atoms with Gasteiger partial charge in [-0.25, -0.2) is 4.98 Å². The zero-order valence-corrected chi connectivity index (χ0v) is 12.8. The van der Waals surface area contributed by atoms with Crippen LogP contribution in [0.1, 0.15) is 49.7 Å². The van der Waals surface area contributed by atoms with E-state index in [1.54, 1.807) is 0 Å². The Balaban J connectivity index is 2.31. The number of aryl methyl sites for hydroxylation is 2. The highest BCUT2D eigenvalue weighted by atomic mass is 15.1. The maximum Gasteiger partial charge on any atom is 0.130 e. The third-order valence-corrected chi connectivity index (χ3v) is 3.54. The predicted octanol–water partition coefficient (Wildman–Crippen LogP) is 3.46. The van der Waals surface area contributed by atoms with E-state index in [-0.39, 0.29) is 6.04 Å². The smallest absolute Gasteiger partial charge is 0.130 e. The molecular formula is C17H25N3. The topological polar surface area (TPSA) is 29.9 Å². The Bertz CT molecular complexity index is 531. The first kappa shape index (κ1) is 14.8. The molecule has 0 aliphatic carbocycles. The van der Waals surface area contributed by atoms with Gasteiger partial charge in [-0.05, 0) is 30.5 Å². The monoisotopic (exact) mass is 271 g/mol. The van der Waals surface area contributed by atoms with Crippen LogP contribution in [0.2, 0.25) is 0 Å². The molecule has 3 heteroatoms. The van der Waals surface area contributed by atoms with Gasteiger partial charge in [0.25, 0.3) is 0 Å². The summed E-state index contributed by atoms with van der Waals surface area (Å²) in [6.07, 6.45) is 7.31. The maximum atomic E-state index is 4.52. The zero-order chi connectivity index (χ0) is 14.4. The van der Waals surface area contributed by atoms with E-state index >= 15 is 0 Å². The molecule has 2 rings (SSSR count). The van der Waals surface area contributed by atoms with Crippen molar-refractivity contribution in [1.29, 1.82) is 0 Å². The average Bonchev–Trinajstić information content (AvgIpc) is 2.87. The number of hydrogen-bond donors (Lipinski definition) is 1. The summed E-state index contributed by atoms with van der Waals surface area (Å²) in [5.41, 5.74) is 2.71. The molecule has 1 unspecified atom stereocenters. The molecule has 0 bridgehead atoms. The van der Waals surface area contributed by atoms with Gasteiger partial charge >= 0.3 is 0 Å². The molecule has 1 N–H and O–H groups in total. The third kappa shape index (κ3) is 3.48. The van der Waals surface area contributed by atoms with Crippen LogP contribution < -0.4 is 5.32 Å². The molecule has 2 aromatic rings. The van der Waals surface area contributed by atoms with Crippen LogP contribution in [0, 0.1) is 0 Å². The SMILES string of the molecule is CCCNC(c1cccc(CCC)c1)c1nccn1C. The first-order valence-electron chi connectivity index (χ1n) is 7.55. The molecule has 108 valence electrons. The minimum atomic E-state index is 0.173. The van der Waals surface area contributed by atoms with Gasteiger partial charge in [-0.1, -0.05) is 44.5 Å². The second kappa shape index (κ2) is 7.25. The van der Waals surface area contributed by atoms with Gasteiger partial charge in [0.05, 0.1) is 6.04 Å². The first-order chi connectivity index (χ1) is 9.76. The highest BCUT2D eigenvalue weighted by molar-refractivity contribution is 5.30. The minimum Gasteiger partial charge on any atom is -0.336 e. The Kier molecular flexibility index (Phi) is 5.36. The van der Waals surface area contributed by atoms with Gasteiger partial charge in [-0.3, -0.25) is 0 Å². The Morgan fingerprint density at radius 2 is 2.10 bits per heavy atom. The maximum absolute atomic E-state index is 4.52. The van der Waals surface area contributed by atoms with Crippen molar-refractivity contribution in [2.45, 2.75) is 39.2 Å². The van der Waals surface area contributed by atoms with Crippen LogP contribution in [0.4, 0.5) is 0 Å². The van der Waals surface area contributed by atoms with E-state index < -0.39 is 0 Å². The van der Waals surface area contributed by atoms with Crippen molar-refractivity contribution < 1.29 is 0 Å². The lowest BCUT2D eigenvalue weighted by Gasteiger charge is -2.19. The predicted molar refractivity (Wildman–Crippen MR) is 83.8 cm³/mol. The van der Waals surface area contributed by atoms with Crippen LogP contribution in [0.25, 0.3) is 0 Å². The lowest BCUT2D eigenvalue weighted by molar-refractivity contribution is 0.555. The fraction of sp³-hybridized carbons (Fsp3) is 0.471. The lowest BCUT2D eigenvalue weighted by Crippen LogP contribution is -2.25. The van der Waals surface area contributed by atoms with Gasteiger partial charge < -0.3 is 9.88 Å².